The fourth-order valence-corrected chi connectivity index (χ4v) is 3.56. The second-order valence-electron chi connectivity index (χ2n) is 7.62. The number of carbonyl (C=O) groups excluding carboxylic acids is 3. The molecule has 0 unspecified atom stereocenters. The summed E-state index contributed by atoms with van der Waals surface area (Å²) in [6.45, 7) is 5.85. The lowest BCUT2D eigenvalue weighted by atomic mass is 9.96. The highest BCUT2D eigenvalue weighted by molar-refractivity contribution is 5.95. The van der Waals surface area contributed by atoms with Crippen molar-refractivity contribution >= 4 is 18.0 Å². The van der Waals surface area contributed by atoms with Gasteiger partial charge in [-0.2, -0.15) is 0 Å². The summed E-state index contributed by atoms with van der Waals surface area (Å²) >= 11 is 0. The first-order chi connectivity index (χ1) is 15.0. The van der Waals surface area contributed by atoms with Crippen LogP contribution in [0.3, 0.4) is 0 Å². The molecule has 164 valence electrons. The summed E-state index contributed by atoms with van der Waals surface area (Å²) in [4.78, 5) is 38.3. The van der Waals surface area contributed by atoms with Crippen molar-refractivity contribution in [3.05, 3.63) is 65.2 Å². The van der Waals surface area contributed by atoms with Crippen molar-refractivity contribution < 1.29 is 23.9 Å². The van der Waals surface area contributed by atoms with E-state index in [9.17, 15) is 14.4 Å². The molecular formula is C24H28N2O5. The normalized spacial score (nSPS) is 14.1. The Kier molecular flexibility index (Phi) is 7.65. The number of aryl methyl sites for hydroxylation is 1. The minimum Gasteiger partial charge on any atom is -0.434 e. The van der Waals surface area contributed by atoms with Crippen molar-refractivity contribution in [2.24, 2.45) is 5.92 Å². The summed E-state index contributed by atoms with van der Waals surface area (Å²) in [6, 6.07) is 14.0. The van der Waals surface area contributed by atoms with Crippen LogP contribution in [0.5, 0.6) is 5.75 Å². The van der Waals surface area contributed by atoms with Crippen molar-refractivity contribution in [2.75, 3.05) is 26.2 Å². The third-order valence-electron chi connectivity index (χ3n) is 5.30. The van der Waals surface area contributed by atoms with Crippen molar-refractivity contribution in [3.8, 4) is 5.75 Å². The summed E-state index contributed by atoms with van der Waals surface area (Å²) in [6.07, 6.45) is 0.931. The number of hydrogen-bond acceptors (Lipinski definition) is 5. The van der Waals surface area contributed by atoms with Gasteiger partial charge in [0.15, 0.2) is 0 Å². The number of nitrogens with one attached hydrogen (secondary N) is 1. The fourth-order valence-electron chi connectivity index (χ4n) is 3.56. The van der Waals surface area contributed by atoms with Crippen LogP contribution in [0.25, 0.3) is 0 Å². The molecule has 1 N–H and O–H groups in total. The second kappa shape index (κ2) is 10.6. The quantitative estimate of drug-likeness (QED) is 0.563. The summed E-state index contributed by atoms with van der Waals surface area (Å²) in [5, 5.41) is 2.96. The number of rotatable bonds is 6. The molecule has 1 aliphatic heterocycles. The van der Waals surface area contributed by atoms with Gasteiger partial charge in [-0.3, -0.25) is 9.59 Å². The Bertz CT molecular complexity index is 918. The van der Waals surface area contributed by atoms with E-state index in [4.69, 9.17) is 9.47 Å². The molecule has 1 heterocycles. The van der Waals surface area contributed by atoms with Crippen LogP contribution in [0.1, 0.15) is 46.0 Å². The van der Waals surface area contributed by atoms with Gasteiger partial charge >= 0.3 is 6.16 Å². The monoisotopic (exact) mass is 424 g/mol. The highest BCUT2D eigenvalue weighted by Gasteiger charge is 2.24. The van der Waals surface area contributed by atoms with Crippen molar-refractivity contribution in [2.45, 2.75) is 26.7 Å². The molecule has 31 heavy (non-hydrogen) atoms. The smallest absolute Gasteiger partial charge is 0.434 e. The van der Waals surface area contributed by atoms with Gasteiger partial charge in [0.1, 0.15) is 5.75 Å². The molecule has 0 spiro atoms. The highest BCUT2D eigenvalue weighted by atomic mass is 16.7. The Hall–Kier alpha value is -3.35. The van der Waals surface area contributed by atoms with Gasteiger partial charge in [-0.1, -0.05) is 17.7 Å². The van der Waals surface area contributed by atoms with Gasteiger partial charge in [-0.05, 0) is 69.0 Å². The van der Waals surface area contributed by atoms with Crippen LogP contribution in [0.2, 0.25) is 0 Å². The van der Waals surface area contributed by atoms with Crippen LogP contribution in [-0.2, 0) is 4.74 Å². The molecule has 7 heteroatoms. The maximum atomic E-state index is 12.7. The van der Waals surface area contributed by atoms with Gasteiger partial charge in [0, 0.05) is 30.8 Å². The first-order valence-electron chi connectivity index (χ1n) is 10.5. The topological polar surface area (TPSA) is 84.9 Å². The highest BCUT2D eigenvalue weighted by Crippen LogP contribution is 2.19. The lowest BCUT2D eigenvalue weighted by Gasteiger charge is -2.32. The molecule has 0 aromatic heterocycles. The van der Waals surface area contributed by atoms with Crippen molar-refractivity contribution in [1.29, 1.82) is 0 Å². The van der Waals surface area contributed by atoms with Gasteiger partial charge in [0.25, 0.3) is 11.8 Å². The molecule has 2 aromatic carbocycles. The van der Waals surface area contributed by atoms with Crippen LogP contribution in [0.4, 0.5) is 4.79 Å². The van der Waals surface area contributed by atoms with Crippen molar-refractivity contribution in [1.82, 2.24) is 10.2 Å². The summed E-state index contributed by atoms with van der Waals surface area (Å²) < 4.78 is 9.70. The Balaban J connectivity index is 1.43. The minimum absolute atomic E-state index is 0.0660. The first-order valence-corrected chi connectivity index (χ1v) is 10.5. The number of carbonyl (C=O) groups is 3. The summed E-state index contributed by atoms with van der Waals surface area (Å²) in [5.74, 6) is 0.537. The molecule has 0 aliphatic carbocycles. The van der Waals surface area contributed by atoms with Gasteiger partial charge in [-0.25, -0.2) is 4.79 Å². The zero-order valence-corrected chi connectivity index (χ0v) is 17.9. The Morgan fingerprint density at radius 3 is 2.39 bits per heavy atom. The Labute approximate surface area is 182 Å². The molecule has 0 bridgehead atoms. The number of nitrogens with zero attached hydrogens (tertiary/aromatic N) is 1. The largest absolute Gasteiger partial charge is 0.513 e. The second-order valence-corrected chi connectivity index (χ2v) is 7.62. The van der Waals surface area contributed by atoms with E-state index in [1.165, 1.54) is 0 Å². The number of piperidine rings is 1. The van der Waals surface area contributed by atoms with Gasteiger partial charge < -0.3 is 19.7 Å². The molecule has 0 atom stereocenters. The maximum Gasteiger partial charge on any atom is 0.513 e. The predicted octanol–water partition coefficient (Wildman–Crippen LogP) is 3.81. The maximum absolute atomic E-state index is 12.7. The van der Waals surface area contributed by atoms with Gasteiger partial charge in [-0.15, -0.1) is 0 Å². The fraction of sp³-hybridized carbons (Fsp3) is 0.375. The van der Waals surface area contributed by atoms with Crippen LogP contribution < -0.4 is 10.1 Å². The average molecular weight is 424 g/mol. The van der Waals surface area contributed by atoms with Gasteiger partial charge in [0.2, 0.25) is 0 Å². The summed E-state index contributed by atoms with van der Waals surface area (Å²) in [5.41, 5.74) is 2.29. The number of benzene rings is 2. The molecule has 3 rings (SSSR count). The number of ether oxygens (including phenoxy) is 2. The average Bonchev–Trinajstić information content (AvgIpc) is 2.78. The van der Waals surface area contributed by atoms with Crippen LogP contribution in [0, 0.1) is 12.8 Å². The standard InChI is InChI=1S/C24H28N2O5/c1-3-30-24(29)31-21-9-7-19(8-10-21)22(27)25-16-18-11-13-26(14-12-18)23(28)20-6-4-5-17(2)15-20/h4-10,15,18H,3,11-14,16H2,1-2H3,(H,25,27). The molecule has 1 aliphatic rings. The van der Waals surface area contributed by atoms with E-state index in [2.05, 4.69) is 5.32 Å². The molecule has 1 fully saturated rings. The molecule has 2 aromatic rings. The van der Waals surface area contributed by atoms with Crippen LogP contribution in [0.15, 0.2) is 48.5 Å². The zero-order chi connectivity index (χ0) is 22.2. The number of hydrogen-bond donors (Lipinski definition) is 1. The van der Waals surface area contributed by atoms with E-state index in [1.807, 2.05) is 36.1 Å². The van der Waals surface area contributed by atoms with E-state index in [0.717, 1.165) is 24.0 Å². The zero-order valence-electron chi connectivity index (χ0n) is 17.9. The van der Waals surface area contributed by atoms with Crippen molar-refractivity contribution in [3.63, 3.8) is 0 Å². The lowest BCUT2D eigenvalue weighted by Crippen LogP contribution is -2.41. The lowest BCUT2D eigenvalue weighted by molar-refractivity contribution is 0.0684. The molecule has 0 radical (unpaired) electrons. The van der Waals surface area contributed by atoms with E-state index in [1.54, 1.807) is 31.2 Å². The van der Waals surface area contributed by atoms with Gasteiger partial charge in [0.05, 0.1) is 6.61 Å². The van der Waals surface area contributed by atoms with E-state index in [0.29, 0.717) is 36.9 Å². The van der Waals surface area contributed by atoms with Crippen LogP contribution in [-0.4, -0.2) is 49.1 Å². The molecule has 1 saturated heterocycles. The third-order valence-corrected chi connectivity index (χ3v) is 5.30. The summed E-state index contributed by atoms with van der Waals surface area (Å²) in [7, 11) is 0. The minimum atomic E-state index is -0.771. The predicted molar refractivity (Wildman–Crippen MR) is 116 cm³/mol. The Morgan fingerprint density at radius 1 is 1.03 bits per heavy atom. The molecule has 0 saturated carbocycles. The Morgan fingerprint density at radius 2 is 1.74 bits per heavy atom. The molecule has 7 nitrogen and oxygen atoms in total. The number of amides is 2. The number of likely N-dealkylation sites (tertiary alicyclic amines) is 1. The van der Waals surface area contributed by atoms with E-state index >= 15 is 0 Å². The molecular weight excluding hydrogens is 396 g/mol. The first kappa shape index (κ1) is 22.3. The SMILES string of the molecule is CCOC(=O)Oc1ccc(C(=O)NCC2CCN(C(=O)c3cccc(C)c3)CC2)cc1. The third kappa shape index (κ3) is 6.31. The van der Waals surface area contributed by atoms with Crippen LogP contribution >= 0.6 is 0 Å². The van der Waals surface area contributed by atoms with E-state index in [-0.39, 0.29) is 18.4 Å². The molecule has 2 amide bonds. The van der Waals surface area contributed by atoms with E-state index < -0.39 is 6.16 Å².